The van der Waals surface area contributed by atoms with Gasteiger partial charge < -0.3 is 0 Å². The zero-order valence-electron chi connectivity index (χ0n) is 31.6. The Bertz CT molecular complexity index is 2840. The Labute approximate surface area is 329 Å². The summed E-state index contributed by atoms with van der Waals surface area (Å²) in [5.74, 6) is 0. The molecule has 0 radical (unpaired) electrons. The number of rotatable bonds is 6. The fourth-order valence-electron chi connectivity index (χ4n) is 8.95. The van der Waals surface area contributed by atoms with Crippen molar-refractivity contribution in [3.05, 3.63) is 217 Å². The van der Waals surface area contributed by atoms with Crippen molar-refractivity contribution in [1.29, 1.82) is 0 Å². The second-order valence-corrected chi connectivity index (χ2v) is 14.8. The first-order chi connectivity index (χ1) is 27.7. The lowest BCUT2D eigenvalue weighted by molar-refractivity contribution is 1.37. The number of fused-ring (bicyclic) bond motifs is 3. The maximum absolute atomic E-state index is 2.44. The minimum atomic E-state index is 1.20. The van der Waals surface area contributed by atoms with E-state index in [0.29, 0.717) is 0 Å². The molecule has 0 aliphatic heterocycles. The Kier molecular flexibility index (Phi) is 8.38. The zero-order chi connectivity index (χ0) is 37.6. The van der Waals surface area contributed by atoms with Gasteiger partial charge in [-0.1, -0.05) is 206 Å². The summed E-state index contributed by atoms with van der Waals surface area (Å²) >= 11 is 0. The fraction of sp³-hybridized carbons (Fsp3) is 0.0357. The largest absolute Gasteiger partial charge is 0.0622 e. The van der Waals surface area contributed by atoms with E-state index in [4.69, 9.17) is 0 Å². The number of hydrogen-bond donors (Lipinski definition) is 0. The summed E-state index contributed by atoms with van der Waals surface area (Å²) in [7, 11) is 0. The molecular weight excluding hydrogens is 673 g/mol. The number of aryl methyl sites for hydroxylation is 2. The Balaban J connectivity index is 1.56. The molecule has 0 atom stereocenters. The van der Waals surface area contributed by atoms with Crippen LogP contribution in [0.15, 0.2) is 206 Å². The predicted octanol–water partition coefficient (Wildman–Crippen LogP) is 15.8. The average Bonchev–Trinajstić information content (AvgIpc) is 3.26. The van der Waals surface area contributed by atoms with Crippen molar-refractivity contribution >= 4 is 32.3 Å². The zero-order valence-corrected chi connectivity index (χ0v) is 31.6. The first kappa shape index (κ1) is 33.5. The molecule has 0 spiro atoms. The Hall–Kier alpha value is -7.02. The highest BCUT2D eigenvalue weighted by Gasteiger charge is 2.28. The van der Waals surface area contributed by atoms with E-state index >= 15 is 0 Å². The minimum absolute atomic E-state index is 1.20. The van der Waals surface area contributed by atoms with Crippen LogP contribution < -0.4 is 0 Å². The lowest BCUT2D eigenvalue weighted by Gasteiger charge is -2.27. The van der Waals surface area contributed by atoms with Crippen LogP contribution in [0.2, 0.25) is 0 Å². The molecule has 0 heterocycles. The van der Waals surface area contributed by atoms with Gasteiger partial charge in [0, 0.05) is 0 Å². The van der Waals surface area contributed by atoms with Gasteiger partial charge in [-0.2, -0.15) is 0 Å². The smallest absolute Gasteiger partial charge is 0.000116 e. The van der Waals surface area contributed by atoms with Crippen LogP contribution in [0.5, 0.6) is 0 Å². The minimum Gasteiger partial charge on any atom is -0.0622 e. The molecule has 0 bridgehead atoms. The molecule has 0 heteroatoms. The molecule has 0 aliphatic rings. The van der Waals surface area contributed by atoms with E-state index in [9.17, 15) is 0 Å². The molecule has 264 valence electrons. The second kappa shape index (κ2) is 14.0. The molecule has 0 saturated heterocycles. The Morgan fingerprint density at radius 3 is 0.875 bits per heavy atom. The van der Waals surface area contributed by atoms with Crippen molar-refractivity contribution in [1.82, 2.24) is 0 Å². The van der Waals surface area contributed by atoms with E-state index in [1.807, 2.05) is 0 Å². The van der Waals surface area contributed by atoms with Crippen molar-refractivity contribution in [2.24, 2.45) is 0 Å². The maximum Gasteiger partial charge on any atom is -0.000116 e. The summed E-state index contributed by atoms with van der Waals surface area (Å²) in [5.41, 5.74) is 17.3. The van der Waals surface area contributed by atoms with Crippen molar-refractivity contribution in [3.8, 4) is 66.8 Å². The van der Waals surface area contributed by atoms with E-state index in [2.05, 4.69) is 220 Å². The van der Waals surface area contributed by atoms with Crippen LogP contribution >= 0.6 is 0 Å². The Morgan fingerprint density at radius 2 is 0.518 bits per heavy atom. The summed E-state index contributed by atoms with van der Waals surface area (Å²) in [6.45, 7) is 4.51. The highest BCUT2D eigenvalue weighted by Crippen LogP contribution is 2.55. The standard InChI is InChI=1S/C56H40/c1-37-35-49-50(36-38(37)2)52(42-27-13-6-14-28-42)56-54(46-32-18-16-30-44(46)40-23-9-4-10-24-40)48-34-20-19-33-47(48)53(55(56)51(49)41-25-11-5-12-26-41)45-31-17-15-29-43(45)39-21-7-3-8-22-39/h3-36H,1-2H3. The molecule has 0 amide bonds. The quantitative estimate of drug-likeness (QED) is 0.151. The summed E-state index contributed by atoms with van der Waals surface area (Å²) < 4.78 is 0. The first-order valence-corrected chi connectivity index (χ1v) is 19.5. The molecule has 0 aliphatic carbocycles. The third kappa shape index (κ3) is 5.53. The molecule has 0 N–H and O–H groups in total. The molecule has 10 rings (SSSR count). The lowest BCUT2D eigenvalue weighted by Crippen LogP contribution is -2.00. The van der Waals surface area contributed by atoms with E-state index in [-0.39, 0.29) is 0 Å². The van der Waals surface area contributed by atoms with Gasteiger partial charge in [0.1, 0.15) is 0 Å². The topological polar surface area (TPSA) is 0 Å². The highest BCUT2D eigenvalue weighted by molar-refractivity contribution is 6.34. The van der Waals surface area contributed by atoms with Crippen LogP contribution in [-0.4, -0.2) is 0 Å². The normalized spacial score (nSPS) is 11.4. The third-order valence-electron chi connectivity index (χ3n) is 11.6. The van der Waals surface area contributed by atoms with Gasteiger partial charge >= 0.3 is 0 Å². The lowest BCUT2D eigenvalue weighted by atomic mass is 9.75. The van der Waals surface area contributed by atoms with Gasteiger partial charge in [0.2, 0.25) is 0 Å². The molecule has 56 heavy (non-hydrogen) atoms. The van der Waals surface area contributed by atoms with Crippen molar-refractivity contribution in [2.75, 3.05) is 0 Å². The van der Waals surface area contributed by atoms with Crippen LogP contribution in [0, 0.1) is 13.8 Å². The highest BCUT2D eigenvalue weighted by atomic mass is 14.3. The van der Waals surface area contributed by atoms with E-state index < -0.39 is 0 Å². The molecule has 10 aromatic rings. The monoisotopic (exact) mass is 712 g/mol. The van der Waals surface area contributed by atoms with Crippen molar-refractivity contribution < 1.29 is 0 Å². The van der Waals surface area contributed by atoms with Gasteiger partial charge in [-0.25, -0.2) is 0 Å². The van der Waals surface area contributed by atoms with Crippen LogP contribution in [0.3, 0.4) is 0 Å². The summed E-state index contributed by atoms with van der Waals surface area (Å²) in [6.07, 6.45) is 0. The average molecular weight is 713 g/mol. The number of benzene rings is 10. The summed E-state index contributed by atoms with van der Waals surface area (Å²) in [5, 5.41) is 7.54. The van der Waals surface area contributed by atoms with Gasteiger partial charge in [-0.3, -0.25) is 0 Å². The van der Waals surface area contributed by atoms with E-state index in [1.54, 1.807) is 0 Å². The van der Waals surface area contributed by atoms with Crippen LogP contribution in [0.4, 0.5) is 0 Å². The molecular formula is C56H40. The molecule has 0 unspecified atom stereocenters. The molecule has 10 aromatic carbocycles. The summed E-state index contributed by atoms with van der Waals surface area (Å²) in [6, 6.07) is 76.0. The predicted molar refractivity (Wildman–Crippen MR) is 241 cm³/mol. The van der Waals surface area contributed by atoms with Crippen LogP contribution in [-0.2, 0) is 0 Å². The van der Waals surface area contributed by atoms with Crippen molar-refractivity contribution in [2.45, 2.75) is 13.8 Å². The fourth-order valence-corrected chi connectivity index (χ4v) is 8.95. The molecule has 0 saturated carbocycles. The van der Waals surface area contributed by atoms with Crippen LogP contribution in [0.25, 0.3) is 99.1 Å². The molecule has 0 fully saturated rings. The second-order valence-electron chi connectivity index (χ2n) is 14.8. The first-order valence-electron chi connectivity index (χ1n) is 19.5. The summed E-state index contributed by atoms with van der Waals surface area (Å²) in [4.78, 5) is 0. The molecule has 0 aromatic heterocycles. The maximum atomic E-state index is 2.44. The third-order valence-corrected chi connectivity index (χ3v) is 11.6. The van der Waals surface area contributed by atoms with Gasteiger partial charge in [0.05, 0.1) is 0 Å². The van der Waals surface area contributed by atoms with E-state index in [0.717, 1.165) is 0 Å². The van der Waals surface area contributed by atoms with Gasteiger partial charge in [0.15, 0.2) is 0 Å². The van der Waals surface area contributed by atoms with Gasteiger partial charge in [0.25, 0.3) is 0 Å². The van der Waals surface area contributed by atoms with Crippen molar-refractivity contribution in [3.63, 3.8) is 0 Å². The van der Waals surface area contributed by atoms with Gasteiger partial charge in [-0.05, 0) is 124 Å². The number of hydrogen-bond acceptors (Lipinski definition) is 0. The Morgan fingerprint density at radius 1 is 0.232 bits per heavy atom. The molecule has 0 nitrogen and oxygen atoms in total. The van der Waals surface area contributed by atoms with Gasteiger partial charge in [-0.15, -0.1) is 0 Å². The van der Waals surface area contributed by atoms with E-state index in [1.165, 1.54) is 110 Å². The SMILES string of the molecule is Cc1cc2c(-c3ccccc3)c3c(-c4ccccc4-c4ccccc4)c4ccccc4c(-c4ccccc4-c4ccccc4)c3c(-c3ccccc3)c2cc1C. The van der Waals surface area contributed by atoms with Crippen LogP contribution in [0.1, 0.15) is 11.1 Å².